The molecule has 6 heteroatoms. The molecule has 0 aliphatic carbocycles. The van der Waals surface area contributed by atoms with Crippen LogP contribution in [0.3, 0.4) is 0 Å². The number of aliphatic carboxylic acids is 1. The highest BCUT2D eigenvalue weighted by atomic mass is 31.2. The van der Waals surface area contributed by atoms with E-state index in [1.54, 1.807) is 43.3 Å². The van der Waals surface area contributed by atoms with Gasteiger partial charge >= 0.3 is 5.97 Å². The van der Waals surface area contributed by atoms with Crippen LogP contribution in [0.2, 0.25) is 0 Å². The van der Waals surface area contributed by atoms with Crippen molar-refractivity contribution in [1.29, 1.82) is 0 Å². The number of carboxylic acid groups (broad SMARTS) is 1. The SMILES string of the molecule is CCC(NP(=O)(O)Cc1ccccc1)(C(=O)O)c1ccc2ccccc2c1. The summed E-state index contributed by atoms with van der Waals surface area (Å²) in [6.45, 7) is 1.69. The highest BCUT2D eigenvalue weighted by molar-refractivity contribution is 7.55. The Morgan fingerprint density at radius 2 is 1.63 bits per heavy atom. The van der Waals surface area contributed by atoms with Gasteiger partial charge in [-0.15, -0.1) is 0 Å². The van der Waals surface area contributed by atoms with Gasteiger partial charge in [0.15, 0.2) is 0 Å². The molecule has 27 heavy (non-hydrogen) atoms. The van der Waals surface area contributed by atoms with E-state index in [2.05, 4.69) is 5.09 Å². The third-order valence-electron chi connectivity index (χ3n) is 4.74. The van der Waals surface area contributed by atoms with Gasteiger partial charge in [-0.25, -0.2) is 9.88 Å². The first-order valence-electron chi connectivity index (χ1n) is 8.74. The number of carbonyl (C=O) groups is 1. The second-order valence-corrected chi connectivity index (χ2v) is 8.53. The molecular weight excluding hydrogens is 361 g/mol. The molecule has 0 saturated heterocycles. The van der Waals surface area contributed by atoms with Crippen LogP contribution in [0.15, 0.2) is 72.8 Å². The Labute approximate surface area is 158 Å². The Bertz CT molecular complexity index is 1010. The summed E-state index contributed by atoms with van der Waals surface area (Å²) in [7, 11) is -3.96. The first kappa shape index (κ1) is 19.3. The van der Waals surface area contributed by atoms with Crippen LogP contribution in [0.25, 0.3) is 10.8 Å². The van der Waals surface area contributed by atoms with E-state index >= 15 is 0 Å². The smallest absolute Gasteiger partial charge is 0.328 e. The molecule has 0 bridgehead atoms. The maximum atomic E-state index is 12.9. The quantitative estimate of drug-likeness (QED) is 0.523. The van der Waals surface area contributed by atoms with E-state index in [4.69, 9.17) is 0 Å². The van der Waals surface area contributed by atoms with Crippen molar-refractivity contribution in [3.05, 3.63) is 83.9 Å². The summed E-state index contributed by atoms with van der Waals surface area (Å²) in [4.78, 5) is 22.8. The lowest BCUT2D eigenvalue weighted by Crippen LogP contribution is -2.47. The summed E-state index contributed by atoms with van der Waals surface area (Å²) in [5, 5.41) is 14.4. The number of rotatable bonds is 7. The second kappa shape index (κ2) is 7.65. The number of nitrogens with one attached hydrogen (secondary N) is 1. The molecule has 3 aromatic carbocycles. The molecule has 2 atom stereocenters. The van der Waals surface area contributed by atoms with E-state index in [1.807, 2.05) is 36.4 Å². The zero-order chi connectivity index (χ0) is 19.5. The fourth-order valence-electron chi connectivity index (χ4n) is 3.29. The fraction of sp³-hybridized carbons (Fsp3) is 0.190. The summed E-state index contributed by atoms with van der Waals surface area (Å²) in [5.41, 5.74) is -0.522. The highest BCUT2D eigenvalue weighted by Crippen LogP contribution is 2.46. The normalized spacial score (nSPS) is 15.8. The molecular formula is C21H22NO4P. The van der Waals surface area contributed by atoms with Crippen LogP contribution in [0.1, 0.15) is 24.5 Å². The zero-order valence-corrected chi connectivity index (χ0v) is 15.9. The van der Waals surface area contributed by atoms with E-state index in [9.17, 15) is 19.4 Å². The summed E-state index contributed by atoms with van der Waals surface area (Å²) < 4.78 is 12.9. The fourth-order valence-corrected chi connectivity index (χ4v) is 5.06. The van der Waals surface area contributed by atoms with E-state index in [0.717, 1.165) is 10.8 Å². The minimum atomic E-state index is -3.96. The summed E-state index contributed by atoms with van der Waals surface area (Å²) in [5.74, 6) is -1.18. The predicted molar refractivity (Wildman–Crippen MR) is 107 cm³/mol. The van der Waals surface area contributed by atoms with Gasteiger partial charge in [0.05, 0.1) is 6.16 Å². The Morgan fingerprint density at radius 1 is 1.00 bits per heavy atom. The van der Waals surface area contributed by atoms with Crippen molar-refractivity contribution < 1.29 is 19.4 Å². The third-order valence-corrected chi connectivity index (χ3v) is 6.27. The number of carboxylic acids is 1. The van der Waals surface area contributed by atoms with Gasteiger partial charge in [0.2, 0.25) is 0 Å². The average molecular weight is 383 g/mol. The lowest BCUT2D eigenvalue weighted by molar-refractivity contribution is -0.144. The van der Waals surface area contributed by atoms with Crippen LogP contribution in [-0.2, 0) is 21.1 Å². The Kier molecular flexibility index (Phi) is 5.47. The van der Waals surface area contributed by atoms with Crippen LogP contribution in [0.5, 0.6) is 0 Å². The van der Waals surface area contributed by atoms with Crippen molar-refractivity contribution in [2.45, 2.75) is 25.0 Å². The van der Waals surface area contributed by atoms with Crippen LogP contribution in [0, 0.1) is 0 Å². The zero-order valence-electron chi connectivity index (χ0n) is 15.0. The molecule has 3 rings (SSSR count). The molecule has 0 saturated carbocycles. The molecule has 140 valence electrons. The van der Waals surface area contributed by atoms with Gasteiger partial charge in [-0.3, -0.25) is 4.57 Å². The molecule has 0 heterocycles. The van der Waals surface area contributed by atoms with E-state index in [-0.39, 0.29) is 12.6 Å². The van der Waals surface area contributed by atoms with Crippen LogP contribution < -0.4 is 5.09 Å². The Morgan fingerprint density at radius 3 is 2.26 bits per heavy atom. The van der Waals surface area contributed by atoms with Crippen molar-refractivity contribution in [2.24, 2.45) is 0 Å². The molecule has 0 fully saturated rings. The van der Waals surface area contributed by atoms with Crippen LogP contribution in [-0.4, -0.2) is 16.0 Å². The maximum Gasteiger partial charge on any atom is 0.328 e. The minimum absolute atomic E-state index is 0.125. The maximum absolute atomic E-state index is 12.9. The largest absolute Gasteiger partial charge is 0.480 e. The summed E-state index contributed by atoms with van der Waals surface area (Å²) >= 11 is 0. The van der Waals surface area contributed by atoms with Crippen molar-refractivity contribution in [1.82, 2.24) is 5.09 Å². The number of benzene rings is 3. The number of fused-ring (bicyclic) bond motifs is 1. The topological polar surface area (TPSA) is 86.6 Å². The number of hydrogen-bond acceptors (Lipinski definition) is 2. The first-order chi connectivity index (χ1) is 12.9. The second-order valence-electron chi connectivity index (χ2n) is 6.58. The molecule has 3 aromatic rings. The Hall–Kier alpha value is -2.46. The lowest BCUT2D eigenvalue weighted by Gasteiger charge is -2.32. The first-order valence-corrected chi connectivity index (χ1v) is 10.6. The highest BCUT2D eigenvalue weighted by Gasteiger charge is 2.43. The summed E-state index contributed by atoms with van der Waals surface area (Å²) in [6.07, 6.45) is -0.0174. The average Bonchev–Trinajstić information content (AvgIpc) is 2.66. The molecule has 0 spiro atoms. The van der Waals surface area contributed by atoms with E-state index < -0.39 is 19.0 Å². The van der Waals surface area contributed by atoms with Crippen molar-refractivity contribution in [3.63, 3.8) is 0 Å². The molecule has 2 unspecified atom stereocenters. The van der Waals surface area contributed by atoms with Crippen molar-refractivity contribution in [2.75, 3.05) is 0 Å². The molecule has 0 aliphatic heterocycles. The lowest BCUT2D eigenvalue weighted by atomic mass is 9.87. The monoisotopic (exact) mass is 383 g/mol. The van der Waals surface area contributed by atoms with Gasteiger partial charge < -0.3 is 10.00 Å². The molecule has 0 amide bonds. The van der Waals surface area contributed by atoms with Crippen LogP contribution in [0.4, 0.5) is 0 Å². The van der Waals surface area contributed by atoms with Gasteiger partial charge in [0.25, 0.3) is 7.52 Å². The van der Waals surface area contributed by atoms with Crippen molar-refractivity contribution >= 4 is 24.3 Å². The Balaban J connectivity index is 2.01. The van der Waals surface area contributed by atoms with Gasteiger partial charge in [-0.05, 0) is 34.4 Å². The van der Waals surface area contributed by atoms with Gasteiger partial charge in [-0.1, -0.05) is 73.7 Å². The van der Waals surface area contributed by atoms with E-state index in [1.165, 1.54) is 0 Å². The molecule has 0 aliphatic rings. The minimum Gasteiger partial charge on any atom is -0.480 e. The molecule has 5 nitrogen and oxygen atoms in total. The predicted octanol–water partition coefficient (Wildman–Crippen LogP) is 4.50. The van der Waals surface area contributed by atoms with E-state index in [0.29, 0.717) is 11.1 Å². The van der Waals surface area contributed by atoms with Crippen molar-refractivity contribution in [3.8, 4) is 0 Å². The standard InChI is InChI=1S/C21H22NO4P/c1-2-21(20(23)24,19-13-12-17-10-6-7-11-18(17)14-19)22-27(25,26)15-16-8-4-3-5-9-16/h3-14H,2,15H2,1H3,(H,23,24)(H2,22,25,26). The molecule has 0 aromatic heterocycles. The number of hydrogen-bond donors (Lipinski definition) is 3. The molecule has 0 radical (unpaired) electrons. The molecule has 3 N–H and O–H groups in total. The summed E-state index contributed by atoms with van der Waals surface area (Å²) in [6, 6.07) is 21.8. The van der Waals surface area contributed by atoms with Gasteiger partial charge in [0.1, 0.15) is 5.54 Å². The van der Waals surface area contributed by atoms with Crippen LogP contribution >= 0.6 is 7.52 Å². The third kappa shape index (κ3) is 4.11. The van der Waals surface area contributed by atoms with Gasteiger partial charge in [0, 0.05) is 0 Å². The van der Waals surface area contributed by atoms with Gasteiger partial charge in [-0.2, -0.15) is 0 Å².